The Labute approximate surface area is 166 Å². The van der Waals surface area contributed by atoms with E-state index in [4.69, 9.17) is 4.74 Å². The molecule has 150 valence electrons. The van der Waals surface area contributed by atoms with Crippen molar-refractivity contribution >= 4 is 28.9 Å². The van der Waals surface area contributed by atoms with E-state index in [1.54, 1.807) is 32.0 Å². The molecule has 6 heteroatoms. The van der Waals surface area contributed by atoms with Crippen molar-refractivity contribution in [2.75, 3.05) is 35.7 Å². The van der Waals surface area contributed by atoms with Gasteiger partial charge in [0.25, 0.3) is 0 Å². The highest BCUT2D eigenvalue weighted by Crippen LogP contribution is 2.27. The average Bonchev–Trinajstić information content (AvgIpc) is 2.70. The maximum Gasteiger partial charge on any atom is 0.239 e. The van der Waals surface area contributed by atoms with E-state index in [1.807, 2.05) is 30.3 Å². The third-order valence-electron chi connectivity index (χ3n) is 4.74. The fourth-order valence-electron chi connectivity index (χ4n) is 2.76. The Balaban J connectivity index is 2.08. The summed E-state index contributed by atoms with van der Waals surface area (Å²) in [5, 5.41) is 5.61. The van der Waals surface area contributed by atoms with Crippen LogP contribution < -0.4 is 20.3 Å². The fraction of sp³-hybridized carbons (Fsp3) is 0.364. The highest BCUT2D eigenvalue weighted by Gasteiger charge is 2.36. The van der Waals surface area contributed by atoms with Gasteiger partial charge in [-0.2, -0.15) is 0 Å². The molecule has 0 heterocycles. The first-order chi connectivity index (χ1) is 13.3. The molecule has 0 bridgehead atoms. The topological polar surface area (TPSA) is 70.7 Å². The van der Waals surface area contributed by atoms with Crippen LogP contribution in [0.15, 0.2) is 48.5 Å². The Bertz CT molecular complexity index is 812. The van der Waals surface area contributed by atoms with E-state index >= 15 is 0 Å². The molecule has 2 aromatic carbocycles. The van der Waals surface area contributed by atoms with Gasteiger partial charge in [-0.05, 0) is 64.1 Å². The molecule has 2 amide bonds. The van der Waals surface area contributed by atoms with Crippen LogP contribution in [0.2, 0.25) is 0 Å². The lowest BCUT2D eigenvalue weighted by Crippen LogP contribution is -2.41. The number of amides is 2. The zero-order valence-electron chi connectivity index (χ0n) is 17.2. The molecule has 0 saturated heterocycles. The van der Waals surface area contributed by atoms with Crippen molar-refractivity contribution in [1.29, 1.82) is 0 Å². The number of benzene rings is 2. The lowest BCUT2D eigenvalue weighted by molar-refractivity contribution is -0.135. The van der Waals surface area contributed by atoms with E-state index in [-0.39, 0.29) is 5.91 Å². The smallest absolute Gasteiger partial charge is 0.239 e. The number of anilines is 3. The van der Waals surface area contributed by atoms with E-state index in [0.29, 0.717) is 17.1 Å². The SMILES string of the molecule is CCN(CC)c1ccc(NC(=O)C(C)(C)C(=O)Nc2ccccc2OC)cc1. The molecule has 0 aliphatic carbocycles. The molecule has 0 aliphatic heterocycles. The maximum atomic E-state index is 12.7. The highest BCUT2D eigenvalue weighted by molar-refractivity contribution is 6.14. The monoisotopic (exact) mass is 383 g/mol. The van der Waals surface area contributed by atoms with Gasteiger partial charge in [-0.25, -0.2) is 0 Å². The van der Waals surface area contributed by atoms with E-state index in [1.165, 1.54) is 7.11 Å². The number of carbonyl (C=O) groups excluding carboxylic acids is 2. The minimum atomic E-state index is -1.27. The largest absolute Gasteiger partial charge is 0.495 e. The van der Waals surface area contributed by atoms with Gasteiger partial charge in [0.05, 0.1) is 12.8 Å². The summed E-state index contributed by atoms with van der Waals surface area (Å²) in [6, 6.07) is 14.7. The maximum absolute atomic E-state index is 12.7. The fourth-order valence-corrected chi connectivity index (χ4v) is 2.76. The summed E-state index contributed by atoms with van der Waals surface area (Å²) in [4.78, 5) is 27.7. The molecule has 2 aromatic rings. The van der Waals surface area contributed by atoms with Crippen LogP contribution in [0.4, 0.5) is 17.1 Å². The van der Waals surface area contributed by atoms with Gasteiger partial charge < -0.3 is 20.3 Å². The van der Waals surface area contributed by atoms with Gasteiger partial charge in [0.15, 0.2) is 0 Å². The zero-order chi connectivity index (χ0) is 20.7. The number of nitrogens with zero attached hydrogens (tertiary/aromatic N) is 1. The Morgan fingerprint density at radius 3 is 2.07 bits per heavy atom. The molecule has 0 saturated carbocycles. The lowest BCUT2D eigenvalue weighted by Gasteiger charge is -2.24. The van der Waals surface area contributed by atoms with Gasteiger partial charge in [0, 0.05) is 24.5 Å². The summed E-state index contributed by atoms with van der Waals surface area (Å²) >= 11 is 0. The first-order valence-electron chi connectivity index (χ1n) is 9.44. The molecule has 0 atom stereocenters. The molecule has 0 spiro atoms. The zero-order valence-corrected chi connectivity index (χ0v) is 17.2. The van der Waals surface area contributed by atoms with Crippen LogP contribution in [-0.2, 0) is 9.59 Å². The first kappa shape index (κ1) is 21.3. The van der Waals surface area contributed by atoms with Crippen molar-refractivity contribution in [2.24, 2.45) is 5.41 Å². The average molecular weight is 383 g/mol. The minimum Gasteiger partial charge on any atom is -0.495 e. The van der Waals surface area contributed by atoms with Crippen molar-refractivity contribution in [2.45, 2.75) is 27.7 Å². The van der Waals surface area contributed by atoms with Crippen molar-refractivity contribution in [3.8, 4) is 5.75 Å². The van der Waals surface area contributed by atoms with Crippen LogP contribution in [0.25, 0.3) is 0 Å². The quantitative estimate of drug-likeness (QED) is 0.672. The summed E-state index contributed by atoms with van der Waals surface area (Å²) in [6.45, 7) is 9.22. The first-order valence-corrected chi connectivity index (χ1v) is 9.44. The van der Waals surface area contributed by atoms with Crippen LogP contribution in [0, 0.1) is 5.41 Å². The van der Waals surface area contributed by atoms with Gasteiger partial charge in [-0.1, -0.05) is 12.1 Å². The lowest BCUT2D eigenvalue weighted by atomic mass is 9.90. The molecule has 2 rings (SSSR count). The highest BCUT2D eigenvalue weighted by atomic mass is 16.5. The second-order valence-electron chi connectivity index (χ2n) is 6.95. The Hall–Kier alpha value is -3.02. The molecular formula is C22H29N3O3. The number of ether oxygens (including phenoxy) is 1. The number of rotatable bonds is 8. The van der Waals surface area contributed by atoms with Crippen LogP contribution >= 0.6 is 0 Å². The molecule has 2 N–H and O–H groups in total. The molecule has 0 radical (unpaired) electrons. The van der Waals surface area contributed by atoms with Crippen LogP contribution in [0.3, 0.4) is 0 Å². The summed E-state index contributed by atoms with van der Waals surface area (Å²) in [6.07, 6.45) is 0. The number of methoxy groups -OCH3 is 1. The van der Waals surface area contributed by atoms with Gasteiger partial charge >= 0.3 is 0 Å². The minimum absolute atomic E-state index is 0.379. The summed E-state index contributed by atoms with van der Waals surface area (Å²) in [5.74, 6) is -0.246. The Morgan fingerprint density at radius 1 is 0.929 bits per heavy atom. The van der Waals surface area contributed by atoms with Crippen molar-refractivity contribution in [1.82, 2.24) is 0 Å². The molecule has 0 aliphatic rings. The van der Waals surface area contributed by atoms with Crippen LogP contribution in [0.1, 0.15) is 27.7 Å². The van der Waals surface area contributed by atoms with Crippen molar-refractivity contribution in [3.05, 3.63) is 48.5 Å². The number of para-hydroxylation sites is 2. The second kappa shape index (κ2) is 9.26. The summed E-state index contributed by atoms with van der Waals surface area (Å²) in [7, 11) is 1.53. The Morgan fingerprint density at radius 2 is 1.50 bits per heavy atom. The normalized spacial score (nSPS) is 10.9. The Kier molecular flexibility index (Phi) is 7.04. The van der Waals surface area contributed by atoms with E-state index < -0.39 is 11.3 Å². The number of hydrogen-bond acceptors (Lipinski definition) is 4. The van der Waals surface area contributed by atoms with E-state index in [0.717, 1.165) is 18.8 Å². The van der Waals surface area contributed by atoms with Crippen LogP contribution in [-0.4, -0.2) is 32.0 Å². The molecule has 6 nitrogen and oxygen atoms in total. The molecule has 0 unspecified atom stereocenters. The molecular weight excluding hydrogens is 354 g/mol. The molecule has 0 fully saturated rings. The third kappa shape index (κ3) is 4.82. The van der Waals surface area contributed by atoms with Gasteiger partial charge in [0.2, 0.25) is 11.8 Å². The van der Waals surface area contributed by atoms with Gasteiger partial charge in [-0.15, -0.1) is 0 Å². The van der Waals surface area contributed by atoms with E-state index in [9.17, 15) is 9.59 Å². The second-order valence-corrected chi connectivity index (χ2v) is 6.95. The summed E-state index contributed by atoms with van der Waals surface area (Å²) in [5.41, 5.74) is 1.01. The van der Waals surface area contributed by atoms with E-state index in [2.05, 4.69) is 29.4 Å². The van der Waals surface area contributed by atoms with Gasteiger partial charge in [-0.3, -0.25) is 9.59 Å². The predicted molar refractivity (Wildman–Crippen MR) is 114 cm³/mol. The number of hydrogen-bond donors (Lipinski definition) is 2. The van der Waals surface area contributed by atoms with Gasteiger partial charge in [0.1, 0.15) is 11.2 Å². The molecule has 28 heavy (non-hydrogen) atoms. The standard InChI is InChI=1S/C22H29N3O3/c1-6-25(7-2)17-14-12-16(13-15-17)23-20(26)22(3,4)21(27)24-18-10-8-9-11-19(18)28-5/h8-15H,6-7H2,1-5H3,(H,23,26)(H,24,27). The van der Waals surface area contributed by atoms with Crippen molar-refractivity contribution in [3.63, 3.8) is 0 Å². The summed E-state index contributed by atoms with van der Waals surface area (Å²) < 4.78 is 5.24. The number of nitrogens with one attached hydrogen (secondary N) is 2. The number of carbonyl (C=O) groups is 2. The third-order valence-corrected chi connectivity index (χ3v) is 4.74. The van der Waals surface area contributed by atoms with Crippen LogP contribution in [0.5, 0.6) is 5.75 Å². The predicted octanol–water partition coefficient (Wildman–Crippen LogP) is 4.14. The molecule has 0 aromatic heterocycles. The van der Waals surface area contributed by atoms with Crippen molar-refractivity contribution < 1.29 is 14.3 Å².